The number of methoxy groups -OCH3 is 1. The van der Waals surface area contributed by atoms with Gasteiger partial charge >= 0.3 is 0 Å². The SMILES string of the molecule is COCc1nc(C)cc(N2CCC[C@H]2c2nc3ccccc3[nH]2)n1. The van der Waals surface area contributed by atoms with E-state index in [1.807, 2.05) is 31.2 Å². The van der Waals surface area contributed by atoms with E-state index < -0.39 is 0 Å². The van der Waals surface area contributed by atoms with Crippen molar-refractivity contribution in [3.8, 4) is 0 Å². The lowest BCUT2D eigenvalue weighted by Crippen LogP contribution is -2.25. The van der Waals surface area contributed by atoms with Crippen LogP contribution in [0.15, 0.2) is 30.3 Å². The number of nitrogens with one attached hydrogen (secondary N) is 1. The van der Waals surface area contributed by atoms with Crippen LogP contribution >= 0.6 is 0 Å². The van der Waals surface area contributed by atoms with Gasteiger partial charge in [0, 0.05) is 25.4 Å². The summed E-state index contributed by atoms with van der Waals surface area (Å²) in [5.41, 5.74) is 3.05. The number of anilines is 1. The molecule has 0 radical (unpaired) electrons. The number of aromatic amines is 1. The number of aryl methyl sites for hydroxylation is 1. The quantitative estimate of drug-likeness (QED) is 0.799. The van der Waals surface area contributed by atoms with Gasteiger partial charge in [0.1, 0.15) is 18.2 Å². The Labute approximate surface area is 140 Å². The molecule has 6 nitrogen and oxygen atoms in total. The monoisotopic (exact) mass is 323 g/mol. The number of fused-ring (bicyclic) bond motifs is 1. The van der Waals surface area contributed by atoms with Crippen LogP contribution in [0.4, 0.5) is 5.82 Å². The van der Waals surface area contributed by atoms with Crippen LogP contribution in [0.3, 0.4) is 0 Å². The summed E-state index contributed by atoms with van der Waals surface area (Å²) in [6.45, 7) is 3.40. The van der Waals surface area contributed by atoms with Crippen molar-refractivity contribution in [2.24, 2.45) is 0 Å². The molecule has 4 rings (SSSR count). The number of aromatic nitrogens is 4. The van der Waals surface area contributed by atoms with Crippen molar-refractivity contribution >= 4 is 16.9 Å². The van der Waals surface area contributed by atoms with Gasteiger partial charge in [0.25, 0.3) is 0 Å². The highest BCUT2D eigenvalue weighted by atomic mass is 16.5. The molecule has 1 aliphatic rings. The molecule has 0 amide bonds. The minimum Gasteiger partial charge on any atom is -0.377 e. The number of hydrogen-bond acceptors (Lipinski definition) is 5. The number of H-pyrrole nitrogens is 1. The third-order valence-corrected chi connectivity index (χ3v) is 4.43. The number of hydrogen-bond donors (Lipinski definition) is 1. The summed E-state index contributed by atoms with van der Waals surface area (Å²) < 4.78 is 5.19. The van der Waals surface area contributed by atoms with E-state index in [1.54, 1.807) is 7.11 Å². The van der Waals surface area contributed by atoms with E-state index in [2.05, 4.69) is 25.9 Å². The topological polar surface area (TPSA) is 66.9 Å². The molecule has 0 bridgehead atoms. The molecule has 1 saturated heterocycles. The van der Waals surface area contributed by atoms with Gasteiger partial charge in [-0.05, 0) is 31.9 Å². The maximum Gasteiger partial charge on any atom is 0.156 e. The van der Waals surface area contributed by atoms with Gasteiger partial charge in [0.05, 0.1) is 17.1 Å². The smallest absolute Gasteiger partial charge is 0.156 e. The van der Waals surface area contributed by atoms with Crippen LogP contribution < -0.4 is 4.90 Å². The molecule has 6 heteroatoms. The van der Waals surface area contributed by atoms with Gasteiger partial charge in [0.15, 0.2) is 5.82 Å². The molecule has 0 unspecified atom stereocenters. The van der Waals surface area contributed by atoms with Crippen LogP contribution in [-0.2, 0) is 11.3 Å². The first-order valence-corrected chi connectivity index (χ1v) is 8.29. The zero-order valence-electron chi connectivity index (χ0n) is 14.0. The number of ether oxygens (including phenoxy) is 1. The van der Waals surface area contributed by atoms with Crippen LogP contribution in [0.5, 0.6) is 0 Å². The second-order valence-corrected chi connectivity index (χ2v) is 6.21. The highest BCUT2D eigenvalue weighted by Gasteiger charge is 2.30. The van der Waals surface area contributed by atoms with Crippen molar-refractivity contribution in [2.45, 2.75) is 32.4 Å². The Morgan fingerprint density at radius 2 is 2.12 bits per heavy atom. The van der Waals surface area contributed by atoms with Crippen molar-refractivity contribution in [2.75, 3.05) is 18.6 Å². The van der Waals surface area contributed by atoms with E-state index in [1.165, 1.54) is 0 Å². The summed E-state index contributed by atoms with van der Waals surface area (Å²) in [6, 6.07) is 10.4. The predicted molar refractivity (Wildman–Crippen MR) is 92.9 cm³/mol. The minimum absolute atomic E-state index is 0.224. The summed E-state index contributed by atoms with van der Waals surface area (Å²) in [5.74, 6) is 2.69. The van der Waals surface area contributed by atoms with Crippen molar-refractivity contribution in [3.05, 3.63) is 47.7 Å². The first-order valence-electron chi connectivity index (χ1n) is 8.29. The normalized spacial score (nSPS) is 17.8. The standard InChI is InChI=1S/C18H21N5O/c1-12-10-17(22-16(19-12)11-24-2)23-9-5-8-15(23)18-20-13-6-3-4-7-14(13)21-18/h3-4,6-7,10,15H,5,8-9,11H2,1-2H3,(H,20,21)/t15-/m0/s1. The molecule has 1 aliphatic heterocycles. The maximum absolute atomic E-state index is 5.19. The fourth-order valence-corrected chi connectivity index (χ4v) is 3.41. The average Bonchev–Trinajstić information content (AvgIpc) is 3.21. The molecule has 0 aliphatic carbocycles. The minimum atomic E-state index is 0.224. The zero-order valence-corrected chi connectivity index (χ0v) is 14.0. The van der Waals surface area contributed by atoms with Gasteiger partial charge in [-0.25, -0.2) is 15.0 Å². The summed E-state index contributed by atoms with van der Waals surface area (Å²) >= 11 is 0. The van der Waals surface area contributed by atoms with E-state index in [0.29, 0.717) is 6.61 Å². The molecule has 24 heavy (non-hydrogen) atoms. The number of imidazole rings is 1. The first-order chi connectivity index (χ1) is 11.7. The average molecular weight is 323 g/mol. The fourth-order valence-electron chi connectivity index (χ4n) is 3.41. The maximum atomic E-state index is 5.19. The highest BCUT2D eigenvalue weighted by molar-refractivity contribution is 5.75. The van der Waals surface area contributed by atoms with E-state index in [9.17, 15) is 0 Å². The Morgan fingerprint density at radius 3 is 2.96 bits per heavy atom. The lowest BCUT2D eigenvalue weighted by atomic mass is 10.2. The molecule has 124 valence electrons. The van der Waals surface area contributed by atoms with Crippen LogP contribution in [-0.4, -0.2) is 33.6 Å². The van der Waals surface area contributed by atoms with Gasteiger partial charge in [-0.1, -0.05) is 12.1 Å². The predicted octanol–water partition coefficient (Wildman–Crippen LogP) is 3.15. The van der Waals surface area contributed by atoms with Gasteiger partial charge < -0.3 is 14.6 Å². The second-order valence-electron chi connectivity index (χ2n) is 6.21. The van der Waals surface area contributed by atoms with E-state index in [4.69, 9.17) is 9.72 Å². The molecule has 2 aromatic heterocycles. The van der Waals surface area contributed by atoms with Gasteiger partial charge in [-0.15, -0.1) is 0 Å². The molecular formula is C18H21N5O. The number of para-hydroxylation sites is 2. The Balaban J connectivity index is 1.69. The van der Waals surface area contributed by atoms with Crippen LogP contribution in [0.2, 0.25) is 0 Å². The number of nitrogens with zero attached hydrogens (tertiary/aromatic N) is 4. The summed E-state index contributed by atoms with van der Waals surface area (Å²) in [7, 11) is 1.67. The Bertz CT molecular complexity index is 826. The van der Waals surface area contributed by atoms with Gasteiger partial charge in [0.2, 0.25) is 0 Å². The third kappa shape index (κ3) is 2.73. The molecule has 3 aromatic rings. The fraction of sp³-hybridized carbons (Fsp3) is 0.389. The highest BCUT2D eigenvalue weighted by Crippen LogP contribution is 2.34. The molecule has 1 aromatic carbocycles. The van der Waals surface area contributed by atoms with Crippen molar-refractivity contribution < 1.29 is 4.74 Å². The molecular weight excluding hydrogens is 302 g/mol. The van der Waals surface area contributed by atoms with Crippen molar-refractivity contribution in [1.29, 1.82) is 0 Å². The molecule has 0 spiro atoms. The van der Waals surface area contributed by atoms with Crippen LogP contribution in [0.1, 0.15) is 36.2 Å². The second kappa shape index (κ2) is 6.20. The summed E-state index contributed by atoms with van der Waals surface area (Å²) in [5, 5.41) is 0. The van der Waals surface area contributed by atoms with Crippen molar-refractivity contribution in [1.82, 2.24) is 19.9 Å². The molecule has 1 atom stereocenters. The van der Waals surface area contributed by atoms with Gasteiger partial charge in [-0.3, -0.25) is 0 Å². The number of rotatable bonds is 4. The lowest BCUT2D eigenvalue weighted by Gasteiger charge is -2.24. The Hall–Kier alpha value is -2.47. The molecule has 1 fully saturated rings. The number of benzene rings is 1. The first kappa shape index (κ1) is 15.1. The lowest BCUT2D eigenvalue weighted by molar-refractivity contribution is 0.177. The van der Waals surface area contributed by atoms with Crippen LogP contribution in [0, 0.1) is 6.92 Å². The Kier molecular flexibility index (Phi) is 3.90. The molecule has 3 heterocycles. The van der Waals surface area contributed by atoms with E-state index in [-0.39, 0.29) is 6.04 Å². The summed E-state index contributed by atoms with van der Waals surface area (Å²) in [6.07, 6.45) is 2.20. The Morgan fingerprint density at radius 1 is 1.25 bits per heavy atom. The van der Waals surface area contributed by atoms with Crippen LogP contribution in [0.25, 0.3) is 11.0 Å². The van der Waals surface area contributed by atoms with Gasteiger partial charge in [-0.2, -0.15) is 0 Å². The molecule has 0 saturated carbocycles. The van der Waals surface area contributed by atoms with Crippen molar-refractivity contribution in [3.63, 3.8) is 0 Å². The largest absolute Gasteiger partial charge is 0.377 e. The zero-order chi connectivity index (χ0) is 16.5. The molecule has 1 N–H and O–H groups in total. The van der Waals surface area contributed by atoms with E-state index in [0.717, 1.165) is 53.6 Å². The third-order valence-electron chi connectivity index (χ3n) is 4.43. The summed E-state index contributed by atoms with van der Waals surface area (Å²) in [4.78, 5) is 19.7. The van der Waals surface area contributed by atoms with E-state index >= 15 is 0 Å².